The molecular formula is C34H28N2O6S. The molecule has 1 N–H and O–H groups in total. The molecule has 1 saturated heterocycles. The molecule has 0 spiro atoms. The van der Waals surface area contributed by atoms with Gasteiger partial charge < -0.3 is 19.3 Å². The van der Waals surface area contributed by atoms with Crippen LogP contribution in [0.3, 0.4) is 0 Å². The van der Waals surface area contributed by atoms with E-state index in [0.29, 0.717) is 58.0 Å². The maximum absolute atomic E-state index is 13.7. The van der Waals surface area contributed by atoms with Crippen molar-refractivity contribution in [3.8, 4) is 23.0 Å². The number of benzene rings is 4. The quantitative estimate of drug-likeness (QED) is 0.107. The lowest BCUT2D eigenvalue weighted by Crippen LogP contribution is -2.29. The number of rotatable bonds is 9. The van der Waals surface area contributed by atoms with E-state index < -0.39 is 17.7 Å². The molecule has 5 aromatic rings. The Morgan fingerprint density at radius 3 is 2.28 bits per heavy atom. The summed E-state index contributed by atoms with van der Waals surface area (Å²) < 4.78 is 18.1. The Kier molecular flexibility index (Phi) is 7.81. The highest BCUT2D eigenvalue weighted by Crippen LogP contribution is 2.45. The molecule has 6 rings (SSSR count). The van der Waals surface area contributed by atoms with Gasteiger partial charge in [-0.15, -0.1) is 0 Å². The van der Waals surface area contributed by atoms with Gasteiger partial charge in [0.1, 0.15) is 28.8 Å². The lowest BCUT2D eigenvalue weighted by molar-refractivity contribution is -0.132. The van der Waals surface area contributed by atoms with Crippen LogP contribution in [0.1, 0.15) is 31.0 Å². The van der Waals surface area contributed by atoms with E-state index in [9.17, 15) is 14.7 Å². The topological polar surface area (TPSA) is 98.2 Å². The minimum absolute atomic E-state index is 0.0511. The Balaban J connectivity index is 1.50. The fourth-order valence-electron chi connectivity index (χ4n) is 5.03. The number of fused-ring (bicyclic) bond motifs is 1. The van der Waals surface area contributed by atoms with Gasteiger partial charge in [-0.25, -0.2) is 4.98 Å². The number of aliphatic hydroxyl groups excluding tert-OH is 1. The number of amides is 1. The third-order valence-corrected chi connectivity index (χ3v) is 7.90. The number of hydrogen-bond acceptors (Lipinski definition) is 8. The van der Waals surface area contributed by atoms with Crippen LogP contribution in [0.25, 0.3) is 16.0 Å². The van der Waals surface area contributed by atoms with Crippen molar-refractivity contribution in [2.45, 2.75) is 19.9 Å². The molecule has 2 heterocycles. The third kappa shape index (κ3) is 5.54. The van der Waals surface area contributed by atoms with E-state index in [1.807, 2.05) is 62.4 Å². The number of aromatic nitrogens is 1. The second-order valence-electron chi connectivity index (χ2n) is 9.68. The smallest absolute Gasteiger partial charge is 0.301 e. The van der Waals surface area contributed by atoms with Gasteiger partial charge in [-0.05, 0) is 74.0 Å². The zero-order chi connectivity index (χ0) is 29.9. The van der Waals surface area contributed by atoms with Gasteiger partial charge in [0.15, 0.2) is 5.13 Å². The first-order chi connectivity index (χ1) is 21.0. The highest BCUT2D eigenvalue weighted by atomic mass is 32.1. The molecule has 216 valence electrons. The van der Waals surface area contributed by atoms with Crippen molar-refractivity contribution in [1.29, 1.82) is 0 Å². The number of nitrogens with zero attached hydrogens (tertiary/aromatic N) is 2. The molecule has 0 radical (unpaired) electrons. The van der Waals surface area contributed by atoms with E-state index in [-0.39, 0.29) is 11.3 Å². The van der Waals surface area contributed by atoms with Crippen molar-refractivity contribution in [3.05, 3.63) is 114 Å². The number of carbonyl (C=O) groups excluding carboxylic acids is 2. The van der Waals surface area contributed by atoms with Crippen LogP contribution in [0.2, 0.25) is 0 Å². The second kappa shape index (κ2) is 12.0. The summed E-state index contributed by atoms with van der Waals surface area (Å²) in [5.41, 5.74) is 1.54. The zero-order valence-corrected chi connectivity index (χ0v) is 24.3. The molecule has 8 nitrogen and oxygen atoms in total. The number of hydrogen-bond donors (Lipinski definition) is 1. The van der Waals surface area contributed by atoms with Gasteiger partial charge >= 0.3 is 5.91 Å². The predicted octanol–water partition coefficient (Wildman–Crippen LogP) is 7.51. The predicted molar refractivity (Wildman–Crippen MR) is 166 cm³/mol. The molecule has 1 aromatic heterocycles. The molecule has 43 heavy (non-hydrogen) atoms. The van der Waals surface area contributed by atoms with Crippen molar-refractivity contribution in [3.63, 3.8) is 0 Å². The summed E-state index contributed by atoms with van der Waals surface area (Å²) in [5.74, 6) is 0.465. The standard InChI is InChI=1S/C34H28N2O6S/c1-3-40-24-14-9-11-22(19-24)31(37)29-30(21-10-8-15-26(18-21)42-23-12-6-5-7-13-23)36(33(39)32(29)38)34-35-27-17-16-25(41-4-2)20-28(27)43-34/h5-20,30,37H,3-4H2,1-2H3. The Bertz CT molecular complexity index is 1850. The molecule has 9 heteroatoms. The van der Waals surface area contributed by atoms with Gasteiger partial charge in [-0.1, -0.05) is 53.8 Å². The Morgan fingerprint density at radius 1 is 0.814 bits per heavy atom. The summed E-state index contributed by atoms with van der Waals surface area (Å²) in [4.78, 5) is 33.5. The first-order valence-corrected chi connectivity index (χ1v) is 14.7. The second-order valence-corrected chi connectivity index (χ2v) is 10.7. The van der Waals surface area contributed by atoms with E-state index in [1.165, 1.54) is 16.2 Å². The van der Waals surface area contributed by atoms with Crippen molar-refractivity contribution in [2.24, 2.45) is 0 Å². The summed E-state index contributed by atoms with van der Waals surface area (Å²) in [6, 6.07) is 27.8. The summed E-state index contributed by atoms with van der Waals surface area (Å²) in [5, 5.41) is 11.9. The molecule has 0 bridgehead atoms. The van der Waals surface area contributed by atoms with E-state index in [1.54, 1.807) is 48.5 Å². The third-order valence-electron chi connectivity index (χ3n) is 6.88. The van der Waals surface area contributed by atoms with Crippen LogP contribution in [0.15, 0.2) is 103 Å². The van der Waals surface area contributed by atoms with Crippen molar-refractivity contribution < 1.29 is 28.9 Å². The number of thiazole rings is 1. The van der Waals surface area contributed by atoms with Crippen LogP contribution in [0.4, 0.5) is 5.13 Å². The number of carbonyl (C=O) groups is 2. The van der Waals surface area contributed by atoms with Gasteiger partial charge in [-0.3, -0.25) is 14.5 Å². The number of aliphatic hydroxyl groups is 1. The van der Waals surface area contributed by atoms with Gasteiger partial charge in [0.25, 0.3) is 5.78 Å². The highest BCUT2D eigenvalue weighted by molar-refractivity contribution is 7.22. The Morgan fingerprint density at radius 2 is 1.51 bits per heavy atom. The largest absolute Gasteiger partial charge is 0.507 e. The summed E-state index contributed by atoms with van der Waals surface area (Å²) in [7, 11) is 0. The summed E-state index contributed by atoms with van der Waals surface area (Å²) in [6.45, 7) is 4.71. The number of Topliss-reactive ketones (excluding diaryl/α,β-unsaturated/α-hetero) is 1. The molecule has 1 aliphatic heterocycles. The Labute approximate surface area is 252 Å². The summed E-state index contributed by atoms with van der Waals surface area (Å²) in [6.07, 6.45) is 0. The first kappa shape index (κ1) is 28.0. The summed E-state index contributed by atoms with van der Waals surface area (Å²) >= 11 is 1.27. The first-order valence-electron chi connectivity index (χ1n) is 13.9. The van der Waals surface area contributed by atoms with Gasteiger partial charge in [-0.2, -0.15) is 0 Å². The maximum Gasteiger partial charge on any atom is 0.301 e. The molecule has 4 aromatic carbocycles. The van der Waals surface area contributed by atoms with Gasteiger partial charge in [0.2, 0.25) is 0 Å². The molecule has 1 unspecified atom stereocenters. The average Bonchev–Trinajstić information content (AvgIpc) is 3.55. The van der Waals surface area contributed by atoms with Gasteiger partial charge in [0, 0.05) is 5.56 Å². The number of para-hydroxylation sites is 1. The fourth-order valence-corrected chi connectivity index (χ4v) is 6.05. The minimum atomic E-state index is -0.970. The molecule has 1 amide bonds. The molecular weight excluding hydrogens is 564 g/mol. The lowest BCUT2D eigenvalue weighted by Gasteiger charge is -2.23. The molecule has 1 atom stereocenters. The van der Waals surface area contributed by atoms with Crippen molar-refractivity contribution in [1.82, 2.24) is 4.98 Å². The van der Waals surface area contributed by atoms with Gasteiger partial charge in [0.05, 0.1) is 35.0 Å². The van der Waals surface area contributed by atoms with E-state index in [2.05, 4.69) is 0 Å². The molecule has 1 fully saturated rings. The normalized spacial score (nSPS) is 16.0. The average molecular weight is 593 g/mol. The van der Waals surface area contributed by atoms with E-state index in [0.717, 1.165) is 4.70 Å². The van der Waals surface area contributed by atoms with E-state index in [4.69, 9.17) is 19.2 Å². The van der Waals surface area contributed by atoms with Crippen molar-refractivity contribution in [2.75, 3.05) is 18.1 Å². The van der Waals surface area contributed by atoms with Crippen LogP contribution in [0.5, 0.6) is 23.0 Å². The van der Waals surface area contributed by atoms with Crippen LogP contribution in [-0.2, 0) is 9.59 Å². The van der Waals surface area contributed by atoms with Crippen LogP contribution >= 0.6 is 11.3 Å². The van der Waals surface area contributed by atoms with E-state index >= 15 is 0 Å². The van der Waals surface area contributed by atoms with Crippen molar-refractivity contribution >= 4 is 44.1 Å². The number of ether oxygens (including phenoxy) is 3. The minimum Gasteiger partial charge on any atom is -0.507 e. The number of anilines is 1. The molecule has 0 aliphatic carbocycles. The number of ketones is 1. The fraction of sp³-hybridized carbons (Fsp3) is 0.147. The molecule has 0 saturated carbocycles. The van der Waals surface area contributed by atoms with Crippen LogP contribution in [0, 0.1) is 0 Å². The zero-order valence-electron chi connectivity index (χ0n) is 23.5. The Hall–Kier alpha value is -5.15. The lowest BCUT2D eigenvalue weighted by atomic mass is 9.95. The highest BCUT2D eigenvalue weighted by Gasteiger charge is 2.48. The maximum atomic E-state index is 13.7. The monoisotopic (exact) mass is 592 g/mol. The van der Waals surface area contributed by atoms with Crippen LogP contribution in [-0.4, -0.2) is 35.0 Å². The van der Waals surface area contributed by atoms with Crippen LogP contribution < -0.4 is 19.1 Å². The molecule has 1 aliphatic rings. The SMILES string of the molecule is CCOc1cccc(C(O)=C2C(=O)C(=O)N(c3nc4ccc(OCC)cc4s3)C2c2cccc(Oc3ccccc3)c2)c1.